The van der Waals surface area contributed by atoms with E-state index < -0.39 is 21.7 Å². The second-order valence-electron chi connectivity index (χ2n) is 3.78. The molecule has 1 N–H and O–H groups in total. The number of benzene rings is 1. The second kappa shape index (κ2) is 5.70. The number of furan rings is 1. The van der Waals surface area contributed by atoms with E-state index in [4.69, 9.17) is 4.42 Å². The molecule has 0 aliphatic rings. The van der Waals surface area contributed by atoms with Gasteiger partial charge in [-0.3, -0.25) is 4.79 Å². The normalized spacial score (nSPS) is 11.7. The van der Waals surface area contributed by atoms with Crippen LogP contribution in [0.25, 0.3) is 6.08 Å². The number of nitrogens with one attached hydrogen (secondary N) is 1. The molecule has 7 heteroatoms. The molecule has 0 radical (unpaired) electrons. The van der Waals surface area contributed by atoms with E-state index in [-0.39, 0.29) is 4.90 Å². The third-order valence-electron chi connectivity index (χ3n) is 2.28. The summed E-state index contributed by atoms with van der Waals surface area (Å²) in [6, 6.07) is 7.59. The van der Waals surface area contributed by atoms with E-state index in [1.165, 1.54) is 24.5 Å². The maximum atomic E-state index is 13.0. The Labute approximate surface area is 114 Å². The molecule has 104 valence electrons. The maximum Gasteiger partial charge on any atom is 0.264 e. The van der Waals surface area contributed by atoms with E-state index in [0.29, 0.717) is 5.76 Å². The monoisotopic (exact) mass is 295 g/mol. The Morgan fingerprint density at radius 3 is 2.70 bits per heavy atom. The molecule has 5 nitrogen and oxygen atoms in total. The van der Waals surface area contributed by atoms with Crippen molar-refractivity contribution in [3.8, 4) is 0 Å². The van der Waals surface area contributed by atoms with Gasteiger partial charge in [0.1, 0.15) is 11.6 Å². The zero-order valence-electron chi connectivity index (χ0n) is 10.1. The molecule has 0 bridgehead atoms. The van der Waals surface area contributed by atoms with Gasteiger partial charge in [-0.2, -0.15) is 0 Å². The van der Waals surface area contributed by atoms with Crippen LogP contribution in [-0.4, -0.2) is 14.3 Å². The van der Waals surface area contributed by atoms with E-state index in [1.807, 2.05) is 0 Å². The highest BCUT2D eigenvalue weighted by Crippen LogP contribution is 2.10. The Hall–Kier alpha value is -2.41. The fourth-order valence-electron chi connectivity index (χ4n) is 1.40. The molecule has 0 unspecified atom stereocenters. The first-order chi connectivity index (χ1) is 9.47. The predicted octanol–water partition coefficient (Wildman–Crippen LogP) is 1.94. The van der Waals surface area contributed by atoms with Gasteiger partial charge >= 0.3 is 0 Å². The van der Waals surface area contributed by atoms with Crippen molar-refractivity contribution in [1.82, 2.24) is 4.72 Å². The Kier molecular flexibility index (Phi) is 3.99. The van der Waals surface area contributed by atoms with Gasteiger partial charge in [0.05, 0.1) is 11.2 Å². The first-order valence-electron chi connectivity index (χ1n) is 5.51. The van der Waals surface area contributed by atoms with Crippen LogP contribution in [0.1, 0.15) is 5.76 Å². The molecule has 1 aromatic carbocycles. The van der Waals surface area contributed by atoms with Crippen LogP contribution < -0.4 is 4.72 Å². The first kappa shape index (κ1) is 14.0. The smallest absolute Gasteiger partial charge is 0.264 e. The molecule has 0 aliphatic carbocycles. The molecule has 0 spiro atoms. The summed E-state index contributed by atoms with van der Waals surface area (Å²) in [5.74, 6) is -1.15. The quantitative estimate of drug-likeness (QED) is 0.874. The largest absolute Gasteiger partial charge is 0.465 e. The number of carbonyl (C=O) groups is 1. The van der Waals surface area contributed by atoms with E-state index in [2.05, 4.69) is 0 Å². The lowest BCUT2D eigenvalue weighted by Crippen LogP contribution is -2.29. The van der Waals surface area contributed by atoms with Gasteiger partial charge in [0.2, 0.25) is 0 Å². The molecule has 0 atom stereocenters. The number of amides is 1. The van der Waals surface area contributed by atoms with Gasteiger partial charge in [0.15, 0.2) is 0 Å². The summed E-state index contributed by atoms with van der Waals surface area (Å²) < 4.78 is 43.3. The molecule has 0 aliphatic heterocycles. The van der Waals surface area contributed by atoms with E-state index in [0.717, 1.165) is 18.2 Å². The lowest BCUT2D eigenvalue weighted by molar-refractivity contribution is -0.114. The molecule has 2 aromatic rings. The van der Waals surface area contributed by atoms with Crippen molar-refractivity contribution >= 4 is 22.0 Å². The third-order valence-corrected chi connectivity index (χ3v) is 3.63. The number of sulfonamides is 1. The summed E-state index contributed by atoms with van der Waals surface area (Å²) in [4.78, 5) is 11.2. The second-order valence-corrected chi connectivity index (χ2v) is 5.46. The topological polar surface area (TPSA) is 76.4 Å². The van der Waals surface area contributed by atoms with E-state index in [1.54, 1.807) is 16.9 Å². The molecular weight excluding hydrogens is 285 g/mol. The summed E-state index contributed by atoms with van der Waals surface area (Å²) in [6.07, 6.45) is 3.74. The average Bonchev–Trinajstić information content (AvgIpc) is 2.89. The van der Waals surface area contributed by atoms with Crippen molar-refractivity contribution in [2.45, 2.75) is 4.90 Å². The summed E-state index contributed by atoms with van der Waals surface area (Å²) in [5, 5.41) is 0. The summed E-state index contributed by atoms with van der Waals surface area (Å²) in [7, 11) is -4.09. The van der Waals surface area contributed by atoms with Gasteiger partial charge in [-0.25, -0.2) is 17.5 Å². The van der Waals surface area contributed by atoms with Gasteiger partial charge < -0.3 is 4.42 Å². The molecule has 0 fully saturated rings. The van der Waals surface area contributed by atoms with E-state index in [9.17, 15) is 17.6 Å². The lowest BCUT2D eigenvalue weighted by atomic mass is 10.4. The van der Waals surface area contributed by atoms with Crippen LogP contribution >= 0.6 is 0 Å². The fourth-order valence-corrected chi connectivity index (χ4v) is 2.38. The number of rotatable bonds is 4. The molecule has 20 heavy (non-hydrogen) atoms. The molecule has 0 saturated carbocycles. The van der Waals surface area contributed by atoms with Gasteiger partial charge in [-0.1, -0.05) is 6.07 Å². The zero-order chi connectivity index (χ0) is 14.6. The molecule has 2 rings (SSSR count). The van der Waals surface area contributed by atoms with Crippen molar-refractivity contribution in [3.63, 3.8) is 0 Å². The minimum atomic E-state index is -4.09. The van der Waals surface area contributed by atoms with Gasteiger partial charge in [0, 0.05) is 6.08 Å². The Bertz CT molecular complexity index is 735. The highest BCUT2D eigenvalue weighted by molar-refractivity contribution is 7.90. The van der Waals surface area contributed by atoms with Crippen molar-refractivity contribution in [1.29, 1.82) is 0 Å². The molecule has 1 amide bonds. The third kappa shape index (κ3) is 3.55. The molecule has 1 aromatic heterocycles. The fraction of sp³-hybridized carbons (Fsp3) is 0. The Morgan fingerprint density at radius 2 is 2.05 bits per heavy atom. The zero-order valence-corrected chi connectivity index (χ0v) is 10.9. The SMILES string of the molecule is O=C(/C=C/c1ccco1)NS(=O)(=O)c1cccc(F)c1. The van der Waals surface area contributed by atoms with Crippen LogP contribution in [0.2, 0.25) is 0 Å². The maximum absolute atomic E-state index is 13.0. The minimum Gasteiger partial charge on any atom is -0.465 e. The van der Waals surface area contributed by atoms with Crippen LogP contribution in [0.5, 0.6) is 0 Å². The molecule has 0 saturated heterocycles. The highest BCUT2D eigenvalue weighted by atomic mass is 32.2. The van der Waals surface area contributed by atoms with Gasteiger partial charge in [-0.05, 0) is 36.4 Å². The van der Waals surface area contributed by atoms with Crippen LogP contribution in [0.4, 0.5) is 4.39 Å². The predicted molar refractivity (Wildman–Crippen MR) is 69.5 cm³/mol. The van der Waals surface area contributed by atoms with Crippen LogP contribution in [0.15, 0.2) is 58.1 Å². The van der Waals surface area contributed by atoms with Crippen molar-refractivity contribution in [2.75, 3.05) is 0 Å². The number of carbonyl (C=O) groups excluding carboxylic acids is 1. The molecule has 1 heterocycles. The van der Waals surface area contributed by atoms with Crippen LogP contribution in [-0.2, 0) is 14.8 Å². The highest BCUT2D eigenvalue weighted by Gasteiger charge is 2.16. The lowest BCUT2D eigenvalue weighted by Gasteiger charge is -2.04. The van der Waals surface area contributed by atoms with Crippen molar-refractivity contribution in [3.05, 3.63) is 60.3 Å². The summed E-state index contributed by atoms with van der Waals surface area (Å²) >= 11 is 0. The standard InChI is InChI=1S/C13H10FNO4S/c14-10-3-1-5-12(9-10)20(17,18)15-13(16)7-6-11-4-2-8-19-11/h1-9H,(H,15,16)/b7-6+. The Balaban J connectivity index is 2.10. The number of hydrogen-bond acceptors (Lipinski definition) is 4. The summed E-state index contributed by atoms with van der Waals surface area (Å²) in [5.41, 5.74) is 0. The number of halogens is 1. The van der Waals surface area contributed by atoms with Crippen LogP contribution in [0.3, 0.4) is 0 Å². The van der Waals surface area contributed by atoms with Crippen molar-refractivity contribution in [2.24, 2.45) is 0 Å². The molecular formula is C13H10FNO4S. The van der Waals surface area contributed by atoms with Crippen LogP contribution in [0, 0.1) is 5.82 Å². The number of hydrogen-bond donors (Lipinski definition) is 1. The van der Waals surface area contributed by atoms with Gasteiger partial charge in [-0.15, -0.1) is 0 Å². The van der Waals surface area contributed by atoms with E-state index >= 15 is 0 Å². The minimum absolute atomic E-state index is 0.322. The van der Waals surface area contributed by atoms with Crippen molar-refractivity contribution < 1.29 is 22.0 Å². The van der Waals surface area contributed by atoms with Gasteiger partial charge in [0.25, 0.3) is 15.9 Å². The Morgan fingerprint density at radius 1 is 1.25 bits per heavy atom. The summed E-state index contributed by atoms with van der Waals surface area (Å²) in [6.45, 7) is 0. The average molecular weight is 295 g/mol. The first-order valence-corrected chi connectivity index (χ1v) is 7.00.